The van der Waals surface area contributed by atoms with Crippen molar-refractivity contribution in [3.63, 3.8) is 0 Å². The Bertz CT molecular complexity index is 593. The normalized spacial score (nSPS) is 11.4. The average molecular weight is 280 g/mol. The van der Waals surface area contributed by atoms with Crippen LogP contribution in [0.25, 0.3) is 0 Å². The minimum absolute atomic E-state index is 0.205. The number of rotatable bonds is 2. The SMILES string of the molecule is CC(C)(C)c1nc(Cl)cc(Nc2cccc(F)c2)n1. The first-order valence-corrected chi connectivity index (χ1v) is 6.30. The summed E-state index contributed by atoms with van der Waals surface area (Å²) in [5, 5.41) is 3.38. The Labute approximate surface area is 116 Å². The van der Waals surface area contributed by atoms with Gasteiger partial charge >= 0.3 is 0 Å². The number of halogens is 2. The average Bonchev–Trinajstić information content (AvgIpc) is 2.26. The highest BCUT2D eigenvalue weighted by molar-refractivity contribution is 6.29. The van der Waals surface area contributed by atoms with E-state index in [0.717, 1.165) is 0 Å². The summed E-state index contributed by atoms with van der Waals surface area (Å²) in [6, 6.07) is 7.79. The van der Waals surface area contributed by atoms with Crippen molar-refractivity contribution in [2.24, 2.45) is 0 Å². The van der Waals surface area contributed by atoms with Crippen molar-refractivity contribution in [3.8, 4) is 0 Å². The van der Waals surface area contributed by atoms with Crippen LogP contribution >= 0.6 is 11.6 Å². The van der Waals surface area contributed by atoms with Gasteiger partial charge in [-0.2, -0.15) is 0 Å². The topological polar surface area (TPSA) is 37.8 Å². The second-order valence-electron chi connectivity index (χ2n) is 5.28. The first-order valence-electron chi connectivity index (χ1n) is 5.92. The Kier molecular flexibility index (Phi) is 3.71. The Morgan fingerprint density at radius 3 is 2.53 bits per heavy atom. The predicted octanol–water partition coefficient (Wildman–Crippen LogP) is 4.31. The number of nitrogens with zero attached hydrogens (tertiary/aromatic N) is 2. The highest BCUT2D eigenvalue weighted by Crippen LogP contribution is 2.24. The van der Waals surface area contributed by atoms with Gasteiger partial charge in [-0.05, 0) is 18.2 Å². The number of hydrogen-bond acceptors (Lipinski definition) is 3. The van der Waals surface area contributed by atoms with Crippen molar-refractivity contribution in [1.82, 2.24) is 9.97 Å². The van der Waals surface area contributed by atoms with E-state index in [1.54, 1.807) is 18.2 Å². The van der Waals surface area contributed by atoms with Crippen molar-refractivity contribution >= 4 is 23.1 Å². The number of benzene rings is 1. The molecule has 1 heterocycles. The third kappa shape index (κ3) is 3.64. The fourth-order valence-corrected chi connectivity index (χ4v) is 1.71. The van der Waals surface area contributed by atoms with Gasteiger partial charge in [0, 0.05) is 17.2 Å². The number of hydrogen-bond donors (Lipinski definition) is 1. The quantitative estimate of drug-likeness (QED) is 0.833. The maximum atomic E-state index is 13.1. The van der Waals surface area contributed by atoms with E-state index in [-0.39, 0.29) is 11.2 Å². The molecule has 0 atom stereocenters. The van der Waals surface area contributed by atoms with E-state index in [1.807, 2.05) is 20.8 Å². The molecule has 0 aliphatic rings. The molecule has 0 fully saturated rings. The van der Waals surface area contributed by atoms with Crippen LogP contribution in [0.2, 0.25) is 5.15 Å². The van der Waals surface area contributed by atoms with Crippen molar-refractivity contribution in [2.75, 3.05) is 5.32 Å². The van der Waals surface area contributed by atoms with Crippen molar-refractivity contribution in [3.05, 3.63) is 47.1 Å². The van der Waals surface area contributed by atoms with Crippen molar-refractivity contribution in [1.29, 1.82) is 0 Å². The molecular weight excluding hydrogens is 265 g/mol. The smallest absolute Gasteiger partial charge is 0.137 e. The molecule has 0 spiro atoms. The maximum absolute atomic E-state index is 13.1. The van der Waals surface area contributed by atoms with E-state index < -0.39 is 0 Å². The molecule has 1 aromatic heterocycles. The molecule has 0 radical (unpaired) electrons. The number of nitrogens with one attached hydrogen (secondary N) is 1. The Hall–Kier alpha value is -1.68. The first kappa shape index (κ1) is 13.7. The minimum Gasteiger partial charge on any atom is -0.340 e. The summed E-state index contributed by atoms with van der Waals surface area (Å²) in [6.07, 6.45) is 0. The Morgan fingerprint density at radius 1 is 1.16 bits per heavy atom. The van der Waals surface area contributed by atoms with Gasteiger partial charge in [-0.1, -0.05) is 38.4 Å². The van der Waals surface area contributed by atoms with E-state index in [0.29, 0.717) is 22.5 Å². The molecular formula is C14H15ClFN3. The van der Waals surface area contributed by atoms with Crippen LogP contribution in [-0.4, -0.2) is 9.97 Å². The summed E-state index contributed by atoms with van der Waals surface area (Å²) in [5.41, 5.74) is 0.415. The summed E-state index contributed by atoms with van der Waals surface area (Å²) in [5.74, 6) is 0.885. The van der Waals surface area contributed by atoms with Crippen LogP contribution in [-0.2, 0) is 5.41 Å². The van der Waals surface area contributed by atoms with Gasteiger partial charge in [0.15, 0.2) is 0 Å². The van der Waals surface area contributed by atoms with Crippen molar-refractivity contribution in [2.45, 2.75) is 26.2 Å². The number of aromatic nitrogens is 2. The molecule has 3 nitrogen and oxygen atoms in total. The van der Waals surface area contributed by atoms with Gasteiger partial charge in [-0.15, -0.1) is 0 Å². The van der Waals surface area contributed by atoms with Crippen LogP contribution in [0.3, 0.4) is 0 Å². The van der Waals surface area contributed by atoms with Gasteiger partial charge in [0.25, 0.3) is 0 Å². The summed E-state index contributed by atoms with van der Waals surface area (Å²) in [4.78, 5) is 8.61. The van der Waals surface area contributed by atoms with Gasteiger partial charge < -0.3 is 5.32 Å². The lowest BCUT2D eigenvalue weighted by atomic mass is 9.96. The van der Waals surface area contributed by atoms with Gasteiger partial charge in [-0.25, -0.2) is 14.4 Å². The first-order chi connectivity index (χ1) is 8.84. The van der Waals surface area contributed by atoms with Crippen LogP contribution in [0.5, 0.6) is 0 Å². The summed E-state index contributed by atoms with van der Waals surface area (Å²) < 4.78 is 13.1. The van der Waals surface area contributed by atoms with Gasteiger partial charge in [0.1, 0.15) is 22.6 Å². The molecule has 5 heteroatoms. The van der Waals surface area contributed by atoms with E-state index in [1.165, 1.54) is 12.1 Å². The molecule has 0 saturated heterocycles. The molecule has 2 aromatic rings. The summed E-state index contributed by atoms with van der Waals surface area (Å²) >= 11 is 5.99. The zero-order valence-corrected chi connectivity index (χ0v) is 11.8. The second-order valence-corrected chi connectivity index (χ2v) is 5.67. The molecule has 0 aliphatic heterocycles. The molecule has 0 saturated carbocycles. The van der Waals surface area contributed by atoms with Gasteiger partial charge in [0.2, 0.25) is 0 Å². The van der Waals surface area contributed by atoms with E-state index in [2.05, 4.69) is 15.3 Å². The second kappa shape index (κ2) is 5.13. The van der Waals surface area contributed by atoms with Crippen LogP contribution < -0.4 is 5.32 Å². The van der Waals surface area contributed by atoms with Crippen LogP contribution in [0.15, 0.2) is 30.3 Å². The summed E-state index contributed by atoms with van der Waals surface area (Å²) in [6.45, 7) is 6.01. The molecule has 1 N–H and O–H groups in total. The van der Waals surface area contributed by atoms with Crippen LogP contribution in [0, 0.1) is 5.82 Å². The molecule has 0 bridgehead atoms. The molecule has 19 heavy (non-hydrogen) atoms. The molecule has 0 unspecified atom stereocenters. The highest BCUT2D eigenvalue weighted by atomic mass is 35.5. The molecule has 2 rings (SSSR count). The lowest BCUT2D eigenvalue weighted by Gasteiger charge is -2.17. The predicted molar refractivity (Wildman–Crippen MR) is 75.4 cm³/mol. The standard InChI is InChI=1S/C14H15ClFN3/c1-14(2,3)13-18-11(15)8-12(19-13)17-10-6-4-5-9(16)7-10/h4-8H,1-3H3,(H,17,18,19). The zero-order valence-electron chi connectivity index (χ0n) is 11.0. The zero-order chi connectivity index (χ0) is 14.0. The Balaban J connectivity index is 2.33. The van der Waals surface area contributed by atoms with Crippen LogP contribution in [0.1, 0.15) is 26.6 Å². The fourth-order valence-electron chi connectivity index (χ4n) is 1.53. The van der Waals surface area contributed by atoms with E-state index in [9.17, 15) is 4.39 Å². The maximum Gasteiger partial charge on any atom is 0.137 e. The molecule has 0 amide bonds. The minimum atomic E-state index is -0.304. The lowest BCUT2D eigenvalue weighted by Crippen LogP contribution is -2.16. The van der Waals surface area contributed by atoms with E-state index >= 15 is 0 Å². The molecule has 1 aromatic carbocycles. The third-order valence-electron chi connectivity index (χ3n) is 2.46. The van der Waals surface area contributed by atoms with Gasteiger partial charge in [-0.3, -0.25) is 0 Å². The fraction of sp³-hybridized carbons (Fsp3) is 0.286. The third-order valence-corrected chi connectivity index (χ3v) is 2.66. The molecule has 100 valence electrons. The monoisotopic (exact) mass is 279 g/mol. The molecule has 0 aliphatic carbocycles. The number of anilines is 2. The van der Waals surface area contributed by atoms with Gasteiger partial charge in [0.05, 0.1) is 0 Å². The Morgan fingerprint density at radius 2 is 1.89 bits per heavy atom. The largest absolute Gasteiger partial charge is 0.340 e. The van der Waals surface area contributed by atoms with Crippen molar-refractivity contribution < 1.29 is 4.39 Å². The van der Waals surface area contributed by atoms with Crippen LogP contribution in [0.4, 0.5) is 15.9 Å². The summed E-state index contributed by atoms with van der Waals surface area (Å²) in [7, 11) is 0. The lowest BCUT2D eigenvalue weighted by molar-refractivity contribution is 0.546. The van der Waals surface area contributed by atoms with E-state index in [4.69, 9.17) is 11.6 Å². The highest BCUT2D eigenvalue weighted by Gasteiger charge is 2.18.